The van der Waals surface area contributed by atoms with Gasteiger partial charge in [0, 0.05) is 17.8 Å². The minimum atomic E-state index is 0.283. The lowest BCUT2D eigenvalue weighted by atomic mass is 10.1. The summed E-state index contributed by atoms with van der Waals surface area (Å²) in [5.74, 6) is 0.790. The van der Waals surface area contributed by atoms with E-state index in [1.54, 1.807) is 13.3 Å². The van der Waals surface area contributed by atoms with Crippen LogP contribution in [0, 0.1) is 0 Å². The van der Waals surface area contributed by atoms with Gasteiger partial charge in [-0.15, -0.1) is 0 Å². The largest absolute Gasteiger partial charge is 0.497 e. The van der Waals surface area contributed by atoms with Crippen molar-refractivity contribution in [1.29, 1.82) is 0 Å². The highest BCUT2D eigenvalue weighted by atomic mass is 16.5. The minimum absolute atomic E-state index is 0.283. The summed E-state index contributed by atoms with van der Waals surface area (Å²) in [4.78, 5) is 11.2. The van der Waals surface area contributed by atoms with Gasteiger partial charge in [0.2, 0.25) is 0 Å². The van der Waals surface area contributed by atoms with E-state index in [-0.39, 0.29) is 6.04 Å². The Balaban J connectivity index is 2.42. The normalized spacial score (nSPS) is 12.2. The molecule has 0 aliphatic rings. The van der Waals surface area contributed by atoms with Crippen LogP contribution in [0.25, 0.3) is 11.3 Å². The van der Waals surface area contributed by atoms with E-state index in [0.29, 0.717) is 5.56 Å². The Morgan fingerprint density at radius 2 is 2.05 bits per heavy atom. The van der Waals surface area contributed by atoms with Gasteiger partial charge in [0.05, 0.1) is 12.7 Å². The second-order valence-electron chi connectivity index (χ2n) is 4.52. The number of aldehydes is 1. The summed E-state index contributed by atoms with van der Waals surface area (Å²) in [6.45, 7) is 4.18. The van der Waals surface area contributed by atoms with Gasteiger partial charge >= 0.3 is 0 Å². The number of benzene rings is 1. The number of aromatic nitrogens is 2. The predicted molar refractivity (Wildman–Crippen MR) is 74.6 cm³/mol. The van der Waals surface area contributed by atoms with Gasteiger partial charge in [0.25, 0.3) is 0 Å². The molecule has 2 rings (SSSR count). The summed E-state index contributed by atoms with van der Waals surface area (Å²) in [5.41, 5.74) is 2.26. The lowest BCUT2D eigenvalue weighted by molar-refractivity contribution is 0.112. The van der Waals surface area contributed by atoms with E-state index < -0.39 is 0 Å². The van der Waals surface area contributed by atoms with Crippen LogP contribution in [0.1, 0.15) is 36.7 Å². The molecular formula is C15H18N2O2. The third kappa shape index (κ3) is 2.67. The first-order valence-electron chi connectivity index (χ1n) is 6.38. The molecule has 0 amide bonds. The molecule has 0 spiro atoms. The maximum absolute atomic E-state index is 11.2. The van der Waals surface area contributed by atoms with Crippen LogP contribution in [0.3, 0.4) is 0 Å². The van der Waals surface area contributed by atoms with Gasteiger partial charge in [0.1, 0.15) is 11.4 Å². The molecule has 0 saturated heterocycles. The lowest BCUT2D eigenvalue weighted by Gasteiger charge is -2.08. The summed E-state index contributed by atoms with van der Waals surface area (Å²) < 4.78 is 6.98. The Morgan fingerprint density at radius 1 is 1.37 bits per heavy atom. The molecule has 4 heteroatoms. The van der Waals surface area contributed by atoms with E-state index in [1.165, 1.54) is 0 Å². The Labute approximate surface area is 113 Å². The van der Waals surface area contributed by atoms with Gasteiger partial charge in [-0.3, -0.25) is 9.48 Å². The van der Waals surface area contributed by atoms with Crippen LogP contribution in [0.15, 0.2) is 30.5 Å². The summed E-state index contributed by atoms with van der Waals surface area (Å²) in [6, 6.07) is 7.84. The smallest absolute Gasteiger partial charge is 0.153 e. The van der Waals surface area contributed by atoms with Crippen molar-refractivity contribution in [2.45, 2.75) is 26.3 Å². The fourth-order valence-corrected chi connectivity index (χ4v) is 1.88. The van der Waals surface area contributed by atoms with Crippen molar-refractivity contribution < 1.29 is 9.53 Å². The molecule has 0 radical (unpaired) electrons. The Hall–Kier alpha value is -2.10. The average molecular weight is 258 g/mol. The molecule has 1 aromatic heterocycles. The van der Waals surface area contributed by atoms with Crippen LogP contribution in [-0.2, 0) is 0 Å². The van der Waals surface area contributed by atoms with Gasteiger partial charge in [-0.2, -0.15) is 5.10 Å². The zero-order valence-corrected chi connectivity index (χ0v) is 11.5. The van der Waals surface area contributed by atoms with Crippen LogP contribution in [-0.4, -0.2) is 23.2 Å². The third-order valence-electron chi connectivity index (χ3n) is 3.29. The van der Waals surface area contributed by atoms with Crippen LogP contribution < -0.4 is 4.74 Å². The number of hydrogen-bond donors (Lipinski definition) is 0. The maximum Gasteiger partial charge on any atom is 0.153 e. The van der Waals surface area contributed by atoms with Gasteiger partial charge < -0.3 is 4.74 Å². The van der Waals surface area contributed by atoms with Crippen molar-refractivity contribution in [1.82, 2.24) is 9.78 Å². The van der Waals surface area contributed by atoms with Crippen molar-refractivity contribution in [2.75, 3.05) is 7.11 Å². The highest BCUT2D eigenvalue weighted by Crippen LogP contribution is 2.25. The van der Waals surface area contributed by atoms with E-state index in [9.17, 15) is 4.79 Å². The molecule has 1 unspecified atom stereocenters. The monoisotopic (exact) mass is 258 g/mol. The number of ether oxygens (including phenoxy) is 1. The molecule has 0 N–H and O–H groups in total. The number of rotatable bonds is 5. The lowest BCUT2D eigenvalue weighted by Crippen LogP contribution is -2.04. The minimum Gasteiger partial charge on any atom is -0.497 e. The molecule has 1 heterocycles. The van der Waals surface area contributed by atoms with Crippen molar-refractivity contribution in [3.63, 3.8) is 0 Å². The molecule has 1 atom stereocenters. The second kappa shape index (κ2) is 5.69. The number of carbonyl (C=O) groups excluding carboxylic acids is 1. The van der Waals surface area contributed by atoms with Crippen molar-refractivity contribution in [2.24, 2.45) is 0 Å². The fourth-order valence-electron chi connectivity index (χ4n) is 1.88. The highest BCUT2D eigenvalue weighted by Gasteiger charge is 2.13. The number of carbonyl (C=O) groups is 1. The molecule has 0 fully saturated rings. The molecule has 4 nitrogen and oxygen atoms in total. The summed E-state index contributed by atoms with van der Waals surface area (Å²) in [6.07, 6.45) is 3.63. The van der Waals surface area contributed by atoms with Crippen LogP contribution >= 0.6 is 0 Å². The summed E-state index contributed by atoms with van der Waals surface area (Å²) in [7, 11) is 1.63. The van der Waals surface area contributed by atoms with Gasteiger partial charge in [-0.05, 0) is 37.6 Å². The summed E-state index contributed by atoms with van der Waals surface area (Å²) >= 11 is 0. The second-order valence-corrected chi connectivity index (χ2v) is 4.52. The van der Waals surface area contributed by atoms with Crippen LogP contribution in [0.4, 0.5) is 0 Å². The Kier molecular flexibility index (Phi) is 4.00. The highest BCUT2D eigenvalue weighted by molar-refractivity contribution is 5.85. The molecule has 0 aliphatic carbocycles. The van der Waals surface area contributed by atoms with Crippen molar-refractivity contribution >= 4 is 6.29 Å². The number of methoxy groups -OCH3 is 1. The van der Waals surface area contributed by atoms with E-state index in [0.717, 1.165) is 29.7 Å². The maximum atomic E-state index is 11.2. The molecule has 100 valence electrons. The third-order valence-corrected chi connectivity index (χ3v) is 3.29. The zero-order valence-electron chi connectivity index (χ0n) is 11.5. The van der Waals surface area contributed by atoms with Crippen molar-refractivity contribution in [3.05, 3.63) is 36.0 Å². The molecular weight excluding hydrogens is 240 g/mol. The molecule has 0 bridgehead atoms. The fraction of sp³-hybridized carbons (Fsp3) is 0.333. The van der Waals surface area contributed by atoms with E-state index in [4.69, 9.17) is 4.74 Å². The van der Waals surface area contributed by atoms with E-state index in [2.05, 4.69) is 18.9 Å². The van der Waals surface area contributed by atoms with Gasteiger partial charge in [-0.25, -0.2) is 0 Å². The topological polar surface area (TPSA) is 44.1 Å². The van der Waals surface area contributed by atoms with Crippen molar-refractivity contribution in [3.8, 4) is 17.0 Å². The predicted octanol–water partition coefficient (Wildman–Crippen LogP) is 3.34. The standard InChI is InChI=1S/C15H18N2O2/c1-4-11(2)17-9-13(10-18)15(16-17)12-5-7-14(19-3)8-6-12/h5-11H,4H2,1-3H3. The zero-order chi connectivity index (χ0) is 13.8. The summed E-state index contributed by atoms with van der Waals surface area (Å²) in [5, 5.41) is 4.52. The van der Waals surface area contributed by atoms with Crippen LogP contribution in [0.5, 0.6) is 5.75 Å². The molecule has 0 saturated carbocycles. The first-order chi connectivity index (χ1) is 9.19. The van der Waals surface area contributed by atoms with E-state index >= 15 is 0 Å². The quantitative estimate of drug-likeness (QED) is 0.772. The van der Waals surface area contributed by atoms with Gasteiger partial charge in [0.15, 0.2) is 6.29 Å². The Morgan fingerprint density at radius 3 is 2.58 bits per heavy atom. The number of nitrogens with zero attached hydrogens (tertiary/aromatic N) is 2. The van der Waals surface area contributed by atoms with E-state index in [1.807, 2.05) is 28.9 Å². The van der Waals surface area contributed by atoms with Crippen LogP contribution in [0.2, 0.25) is 0 Å². The molecule has 1 aromatic carbocycles. The number of hydrogen-bond acceptors (Lipinski definition) is 3. The SMILES string of the molecule is CCC(C)n1cc(C=O)c(-c2ccc(OC)cc2)n1. The Bertz CT molecular complexity index is 558. The molecule has 19 heavy (non-hydrogen) atoms. The molecule has 0 aliphatic heterocycles. The average Bonchev–Trinajstić information content (AvgIpc) is 2.90. The first-order valence-corrected chi connectivity index (χ1v) is 6.38. The van der Waals surface area contributed by atoms with Gasteiger partial charge in [-0.1, -0.05) is 6.92 Å². The molecule has 2 aromatic rings. The first kappa shape index (κ1) is 13.3.